The number of nitrogens with one attached hydrogen (secondary N) is 1. The zero-order valence-electron chi connectivity index (χ0n) is 15.2. The van der Waals surface area contributed by atoms with E-state index in [1.807, 2.05) is 12.3 Å². The van der Waals surface area contributed by atoms with E-state index in [-0.39, 0.29) is 0 Å². The summed E-state index contributed by atoms with van der Waals surface area (Å²) in [7, 11) is 0. The Labute approximate surface area is 150 Å². The van der Waals surface area contributed by atoms with Crippen molar-refractivity contribution in [2.24, 2.45) is 5.92 Å². The standard InChI is InChI=1S/C20H30N4O/c1-15-10-18(24-20(21)11-15)12-16-6-5-8-19(16)25-9-4-2-3-7-17-13-22-14-23-17/h10-11,13-14,16,19H,2-9,12H2,1H3,(H2,21,24)(H,22,23)/t16-,19-/m1/s1. The number of hydrogen-bond donors (Lipinski definition) is 2. The number of unbranched alkanes of at least 4 members (excludes halogenated alkanes) is 2. The van der Waals surface area contributed by atoms with Crippen LogP contribution in [0.1, 0.15) is 55.5 Å². The molecule has 25 heavy (non-hydrogen) atoms. The first-order chi connectivity index (χ1) is 12.2. The Hall–Kier alpha value is -1.88. The molecule has 2 atom stereocenters. The van der Waals surface area contributed by atoms with Gasteiger partial charge in [-0.1, -0.05) is 12.8 Å². The zero-order valence-corrected chi connectivity index (χ0v) is 15.2. The lowest BCUT2D eigenvalue weighted by Crippen LogP contribution is -2.21. The maximum absolute atomic E-state index is 6.21. The summed E-state index contributed by atoms with van der Waals surface area (Å²) >= 11 is 0. The minimum absolute atomic E-state index is 0.385. The van der Waals surface area contributed by atoms with Gasteiger partial charge in [0, 0.05) is 24.2 Å². The number of ether oxygens (including phenoxy) is 1. The average molecular weight is 342 g/mol. The van der Waals surface area contributed by atoms with Gasteiger partial charge in [0.1, 0.15) is 5.82 Å². The number of nitrogens with two attached hydrogens (primary N) is 1. The van der Waals surface area contributed by atoms with Crippen LogP contribution >= 0.6 is 0 Å². The minimum atomic E-state index is 0.385. The number of hydrogen-bond acceptors (Lipinski definition) is 4. The molecule has 2 aromatic heterocycles. The molecular weight excluding hydrogens is 312 g/mol. The molecule has 0 amide bonds. The Kier molecular flexibility index (Phi) is 6.45. The largest absolute Gasteiger partial charge is 0.384 e. The van der Waals surface area contributed by atoms with Gasteiger partial charge in [-0.3, -0.25) is 0 Å². The first-order valence-electron chi connectivity index (χ1n) is 9.52. The van der Waals surface area contributed by atoms with E-state index in [0.29, 0.717) is 17.8 Å². The second-order valence-electron chi connectivity index (χ2n) is 7.25. The number of nitrogen functional groups attached to an aromatic ring is 1. The van der Waals surface area contributed by atoms with Crippen molar-refractivity contribution >= 4 is 5.82 Å². The number of pyridine rings is 1. The molecular formula is C20H30N4O. The van der Waals surface area contributed by atoms with Crippen LogP contribution in [0.2, 0.25) is 0 Å². The van der Waals surface area contributed by atoms with Crippen molar-refractivity contribution in [1.82, 2.24) is 15.0 Å². The Morgan fingerprint density at radius 1 is 1.24 bits per heavy atom. The van der Waals surface area contributed by atoms with Gasteiger partial charge < -0.3 is 15.5 Å². The zero-order chi connectivity index (χ0) is 17.5. The quantitative estimate of drug-likeness (QED) is 0.679. The summed E-state index contributed by atoms with van der Waals surface area (Å²) in [5.41, 5.74) is 9.40. The number of H-pyrrole nitrogens is 1. The minimum Gasteiger partial charge on any atom is -0.384 e. The molecule has 0 aromatic carbocycles. The average Bonchev–Trinajstić information content (AvgIpc) is 3.22. The molecule has 0 aliphatic heterocycles. The van der Waals surface area contributed by atoms with E-state index >= 15 is 0 Å². The van der Waals surface area contributed by atoms with Crippen LogP contribution in [-0.2, 0) is 17.6 Å². The Morgan fingerprint density at radius 3 is 2.96 bits per heavy atom. The molecule has 0 spiro atoms. The molecule has 3 N–H and O–H groups in total. The molecule has 3 rings (SSSR count). The van der Waals surface area contributed by atoms with Gasteiger partial charge in [-0.2, -0.15) is 0 Å². The van der Waals surface area contributed by atoms with E-state index in [9.17, 15) is 0 Å². The van der Waals surface area contributed by atoms with Crippen molar-refractivity contribution in [2.45, 2.75) is 64.4 Å². The Bertz CT molecular complexity index is 621. The van der Waals surface area contributed by atoms with E-state index in [4.69, 9.17) is 10.5 Å². The number of aromatic nitrogens is 3. The van der Waals surface area contributed by atoms with E-state index in [2.05, 4.69) is 27.9 Å². The maximum Gasteiger partial charge on any atom is 0.123 e. The third-order valence-electron chi connectivity index (χ3n) is 5.08. The van der Waals surface area contributed by atoms with E-state index < -0.39 is 0 Å². The third kappa shape index (κ3) is 5.56. The van der Waals surface area contributed by atoms with Crippen LogP contribution in [0.25, 0.3) is 0 Å². The van der Waals surface area contributed by atoms with Crippen LogP contribution in [0.3, 0.4) is 0 Å². The van der Waals surface area contributed by atoms with Crippen molar-refractivity contribution in [2.75, 3.05) is 12.3 Å². The molecule has 1 aliphatic rings. The second-order valence-corrected chi connectivity index (χ2v) is 7.25. The normalized spacial score (nSPS) is 20.2. The molecule has 2 aromatic rings. The van der Waals surface area contributed by atoms with Gasteiger partial charge in [0.05, 0.1) is 12.4 Å². The predicted octanol–water partition coefficient (Wildman–Crippen LogP) is 3.84. The summed E-state index contributed by atoms with van der Waals surface area (Å²) in [5.74, 6) is 1.21. The van der Waals surface area contributed by atoms with Gasteiger partial charge in [-0.05, 0) is 69.1 Å². The summed E-state index contributed by atoms with van der Waals surface area (Å²) in [6, 6.07) is 4.08. The fraction of sp³-hybridized carbons (Fsp3) is 0.600. The molecule has 0 saturated heterocycles. The van der Waals surface area contributed by atoms with Gasteiger partial charge in [-0.25, -0.2) is 9.97 Å². The molecule has 0 bridgehead atoms. The van der Waals surface area contributed by atoms with Crippen LogP contribution in [0.4, 0.5) is 5.82 Å². The van der Waals surface area contributed by atoms with Gasteiger partial charge in [-0.15, -0.1) is 0 Å². The monoisotopic (exact) mass is 342 g/mol. The number of rotatable bonds is 9. The molecule has 2 heterocycles. The lowest BCUT2D eigenvalue weighted by atomic mass is 9.98. The summed E-state index contributed by atoms with van der Waals surface area (Å²) in [6.45, 7) is 2.95. The number of aromatic amines is 1. The lowest BCUT2D eigenvalue weighted by molar-refractivity contribution is 0.0254. The molecule has 136 valence electrons. The molecule has 0 unspecified atom stereocenters. The topological polar surface area (TPSA) is 76.8 Å². The lowest BCUT2D eigenvalue weighted by Gasteiger charge is -2.20. The highest BCUT2D eigenvalue weighted by Gasteiger charge is 2.28. The molecule has 1 saturated carbocycles. The molecule has 5 nitrogen and oxygen atoms in total. The highest BCUT2D eigenvalue weighted by Crippen LogP contribution is 2.31. The first-order valence-corrected chi connectivity index (χ1v) is 9.52. The summed E-state index contributed by atoms with van der Waals surface area (Å²) < 4.78 is 6.21. The first kappa shape index (κ1) is 17.9. The number of imidazole rings is 1. The maximum atomic E-state index is 6.21. The van der Waals surface area contributed by atoms with Crippen molar-refractivity contribution in [1.29, 1.82) is 0 Å². The Balaban J connectivity index is 1.36. The Morgan fingerprint density at radius 2 is 2.16 bits per heavy atom. The van der Waals surface area contributed by atoms with Crippen LogP contribution < -0.4 is 5.73 Å². The van der Waals surface area contributed by atoms with Gasteiger partial charge in [0.15, 0.2) is 0 Å². The predicted molar refractivity (Wildman–Crippen MR) is 100 cm³/mol. The van der Waals surface area contributed by atoms with Gasteiger partial charge in [0.2, 0.25) is 0 Å². The third-order valence-corrected chi connectivity index (χ3v) is 5.08. The molecule has 1 aliphatic carbocycles. The summed E-state index contributed by atoms with van der Waals surface area (Å²) in [6.07, 6.45) is 13.3. The van der Waals surface area contributed by atoms with Crippen LogP contribution in [0.15, 0.2) is 24.7 Å². The SMILES string of the molecule is Cc1cc(N)nc(C[C@H]2CCC[C@H]2OCCCCCc2cnc[nH]2)c1. The van der Waals surface area contributed by atoms with E-state index in [0.717, 1.165) is 31.6 Å². The number of anilines is 1. The highest BCUT2D eigenvalue weighted by molar-refractivity contribution is 5.34. The van der Waals surface area contributed by atoms with E-state index in [1.54, 1.807) is 6.33 Å². The van der Waals surface area contributed by atoms with Crippen molar-refractivity contribution in [3.8, 4) is 0 Å². The van der Waals surface area contributed by atoms with Gasteiger partial charge >= 0.3 is 0 Å². The molecule has 1 fully saturated rings. The summed E-state index contributed by atoms with van der Waals surface area (Å²) in [5, 5.41) is 0. The van der Waals surface area contributed by atoms with Crippen molar-refractivity contribution in [3.05, 3.63) is 41.6 Å². The molecule has 5 heteroatoms. The van der Waals surface area contributed by atoms with Crippen molar-refractivity contribution < 1.29 is 4.74 Å². The molecule has 0 radical (unpaired) electrons. The van der Waals surface area contributed by atoms with Crippen LogP contribution in [0.5, 0.6) is 0 Å². The van der Waals surface area contributed by atoms with Crippen LogP contribution in [0, 0.1) is 12.8 Å². The highest BCUT2D eigenvalue weighted by atomic mass is 16.5. The summed E-state index contributed by atoms with van der Waals surface area (Å²) in [4.78, 5) is 11.7. The van der Waals surface area contributed by atoms with Gasteiger partial charge in [0.25, 0.3) is 0 Å². The smallest absolute Gasteiger partial charge is 0.123 e. The second kappa shape index (κ2) is 8.99. The fourth-order valence-electron chi connectivity index (χ4n) is 3.85. The number of aryl methyl sites for hydroxylation is 2. The van der Waals surface area contributed by atoms with Crippen molar-refractivity contribution in [3.63, 3.8) is 0 Å². The van der Waals surface area contributed by atoms with Crippen LogP contribution in [-0.4, -0.2) is 27.7 Å². The fourth-order valence-corrected chi connectivity index (χ4v) is 3.85. The van der Waals surface area contributed by atoms with E-state index in [1.165, 1.54) is 43.4 Å². The number of nitrogens with zero attached hydrogens (tertiary/aromatic N) is 2.